The van der Waals surface area contributed by atoms with E-state index in [0.29, 0.717) is 11.1 Å². The molecule has 1 aromatic heterocycles. The second kappa shape index (κ2) is 6.43. The molecular formula is C18H11F4NO2. The minimum absolute atomic E-state index is 0.104. The van der Waals surface area contributed by atoms with Gasteiger partial charge in [0, 0.05) is 11.8 Å². The lowest BCUT2D eigenvalue weighted by Crippen LogP contribution is -2.04. The maximum absolute atomic E-state index is 13.6. The molecule has 0 aliphatic rings. The summed E-state index contributed by atoms with van der Waals surface area (Å²) in [5.41, 5.74) is 0.0494. The molecule has 2 aromatic carbocycles. The van der Waals surface area contributed by atoms with Crippen LogP contribution in [0.3, 0.4) is 0 Å². The summed E-state index contributed by atoms with van der Waals surface area (Å²) in [4.78, 5) is 4.04. The zero-order valence-corrected chi connectivity index (χ0v) is 12.6. The summed E-state index contributed by atoms with van der Waals surface area (Å²) in [6, 6.07) is 11.2. The molecule has 0 radical (unpaired) electrons. The molecule has 0 saturated carbocycles. The lowest BCUT2D eigenvalue weighted by atomic mass is 10.1. The van der Waals surface area contributed by atoms with Gasteiger partial charge in [0.2, 0.25) is 5.88 Å². The number of phenols is 1. The molecule has 0 amide bonds. The van der Waals surface area contributed by atoms with Crippen LogP contribution in [0.2, 0.25) is 0 Å². The molecule has 7 heteroatoms. The van der Waals surface area contributed by atoms with Crippen molar-refractivity contribution in [3.63, 3.8) is 0 Å². The number of hydrogen-bond donors (Lipinski definition) is 1. The van der Waals surface area contributed by atoms with Crippen LogP contribution in [-0.4, -0.2) is 10.1 Å². The first-order valence-electron chi connectivity index (χ1n) is 7.13. The predicted molar refractivity (Wildman–Crippen MR) is 82.8 cm³/mol. The van der Waals surface area contributed by atoms with E-state index >= 15 is 0 Å². The smallest absolute Gasteiger partial charge is 0.416 e. The van der Waals surface area contributed by atoms with Gasteiger partial charge in [-0.2, -0.15) is 13.2 Å². The second-order valence-electron chi connectivity index (χ2n) is 5.15. The fourth-order valence-corrected chi connectivity index (χ4v) is 2.19. The number of ether oxygens (including phenoxy) is 1. The van der Waals surface area contributed by atoms with Crippen molar-refractivity contribution in [1.82, 2.24) is 4.98 Å². The van der Waals surface area contributed by atoms with Gasteiger partial charge in [0.15, 0.2) is 11.6 Å². The molecule has 1 N–H and O–H groups in total. The van der Waals surface area contributed by atoms with E-state index < -0.39 is 23.3 Å². The molecule has 0 bridgehead atoms. The first kappa shape index (κ1) is 16.8. The minimum atomic E-state index is -4.43. The van der Waals surface area contributed by atoms with Crippen molar-refractivity contribution in [2.45, 2.75) is 6.18 Å². The second-order valence-corrected chi connectivity index (χ2v) is 5.15. The van der Waals surface area contributed by atoms with E-state index in [2.05, 4.69) is 4.98 Å². The Morgan fingerprint density at radius 2 is 1.68 bits per heavy atom. The Balaban J connectivity index is 1.92. The van der Waals surface area contributed by atoms with Gasteiger partial charge in [0.1, 0.15) is 5.75 Å². The minimum Gasteiger partial charge on any atom is -0.505 e. The SMILES string of the molecule is Oc1ccc(-c2cccnc2Oc2ccc(C(F)(F)F)cc2)cc1F. The highest BCUT2D eigenvalue weighted by Crippen LogP contribution is 2.35. The molecular weight excluding hydrogens is 338 g/mol. The van der Waals surface area contributed by atoms with Crippen LogP contribution in [0.25, 0.3) is 11.1 Å². The van der Waals surface area contributed by atoms with Crippen LogP contribution in [0.1, 0.15) is 5.56 Å². The van der Waals surface area contributed by atoms with Crippen LogP contribution in [0, 0.1) is 5.82 Å². The van der Waals surface area contributed by atoms with Gasteiger partial charge in [0.05, 0.1) is 5.56 Å². The zero-order valence-electron chi connectivity index (χ0n) is 12.6. The quantitative estimate of drug-likeness (QED) is 0.644. The van der Waals surface area contributed by atoms with Crippen LogP contribution >= 0.6 is 0 Å². The summed E-state index contributed by atoms with van der Waals surface area (Å²) in [6.45, 7) is 0. The zero-order chi connectivity index (χ0) is 18.0. The van der Waals surface area contributed by atoms with Crippen LogP contribution in [0.15, 0.2) is 60.8 Å². The lowest BCUT2D eigenvalue weighted by Gasteiger charge is -2.11. The fourth-order valence-electron chi connectivity index (χ4n) is 2.19. The first-order valence-corrected chi connectivity index (χ1v) is 7.13. The monoisotopic (exact) mass is 349 g/mol. The Labute approximate surface area is 140 Å². The van der Waals surface area contributed by atoms with Crippen molar-refractivity contribution in [1.29, 1.82) is 0 Å². The van der Waals surface area contributed by atoms with E-state index in [1.54, 1.807) is 12.1 Å². The summed E-state index contributed by atoms with van der Waals surface area (Å²) in [5.74, 6) is -1.03. The van der Waals surface area contributed by atoms with Gasteiger partial charge in [-0.3, -0.25) is 0 Å². The van der Waals surface area contributed by atoms with E-state index in [-0.39, 0.29) is 11.6 Å². The van der Waals surface area contributed by atoms with Gasteiger partial charge in [-0.05, 0) is 54.1 Å². The summed E-state index contributed by atoms with van der Waals surface area (Å²) >= 11 is 0. The molecule has 3 aromatic rings. The average molecular weight is 349 g/mol. The van der Waals surface area contributed by atoms with Crippen molar-refractivity contribution in [3.8, 4) is 28.5 Å². The molecule has 128 valence electrons. The van der Waals surface area contributed by atoms with Crippen LogP contribution in [0.5, 0.6) is 17.4 Å². The molecule has 0 aliphatic heterocycles. The highest BCUT2D eigenvalue weighted by Gasteiger charge is 2.30. The Hall–Kier alpha value is -3.09. The van der Waals surface area contributed by atoms with E-state index in [9.17, 15) is 22.7 Å². The highest BCUT2D eigenvalue weighted by molar-refractivity contribution is 5.69. The number of hydrogen-bond acceptors (Lipinski definition) is 3. The number of aromatic hydroxyl groups is 1. The molecule has 0 fully saturated rings. The number of benzene rings is 2. The lowest BCUT2D eigenvalue weighted by molar-refractivity contribution is -0.137. The Morgan fingerprint density at radius 3 is 2.32 bits per heavy atom. The third-order valence-corrected chi connectivity index (χ3v) is 3.43. The van der Waals surface area contributed by atoms with Crippen molar-refractivity contribution >= 4 is 0 Å². The maximum atomic E-state index is 13.6. The molecule has 0 saturated heterocycles. The van der Waals surface area contributed by atoms with Crippen molar-refractivity contribution < 1.29 is 27.4 Å². The summed E-state index contributed by atoms with van der Waals surface area (Å²) in [7, 11) is 0. The number of phenolic OH excluding ortho intramolecular Hbond substituents is 1. The third-order valence-electron chi connectivity index (χ3n) is 3.43. The molecule has 0 atom stereocenters. The van der Waals surface area contributed by atoms with Gasteiger partial charge in [-0.25, -0.2) is 9.37 Å². The van der Waals surface area contributed by atoms with E-state index in [4.69, 9.17) is 4.74 Å². The summed E-state index contributed by atoms with van der Waals surface area (Å²) in [6.07, 6.45) is -2.99. The fraction of sp³-hybridized carbons (Fsp3) is 0.0556. The Morgan fingerprint density at radius 1 is 0.960 bits per heavy atom. The molecule has 1 heterocycles. The standard InChI is InChI=1S/C18H11F4NO2/c19-15-10-11(3-8-16(15)24)14-2-1-9-23-17(14)25-13-6-4-12(5-7-13)18(20,21)22/h1-10,24H. The molecule has 0 spiro atoms. The number of alkyl halides is 3. The number of rotatable bonds is 3. The number of pyridine rings is 1. The van der Waals surface area contributed by atoms with Crippen LogP contribution < -0.4 is 4.74 Å². The van der Waals surface area contributed by atoms with Gasteiger partial charge in [-0.15, -0.1) is 0 Å². The van der Waals surface area contributed by atoms with Crippen molar-refractivity contribution in [3.05, 3.63) is 72.2 Å². The number of aromatic nitrogens is 1. The van der Waals surface area contributed by atoms with Crippen molar-refractivity contribution in [2.24, 2.45) is 0 Å². The van der Waals surface area contributed by atoms with Gasteiger partial charge >= 0.3 is 6.18 Å². The predicted octanol–water partition coefficient (Wildman–Crippen LogP) is 5.40. The Kier molecular flexibility index (Phi) is 4.31. The first-order chi connectivity index (χ1) is 11.8. The van der Waals surface area contributed by atoms with E-state index in [0.717, 1.165) is 18.2 Å². The highest BCUT2D eigenvalue weighted by atomic mass is 19.4. The Bertz CT molecular complexity index is 892. The van der Waals surface area contributed by atoms with Crippen molar-refractivity contribution in [2.75, 3.05) is 0 Å². The molecule has 3 nitrogen and oxygen atoms in total. The maximum Gasteiger partial charge on any atom is 0.416 e. The largest absolute Gasteiger partial charge is 0.505 e. The molecule has 3 rings (SSSR count). The molecule has 0 aliphatic carbocycles. The van der Waals surface area contributed by atoms with Crippen LogP contribution in [-0.2, 0) is 6.18 Å². The van der Waals surface area contributed by atoms with Gasteiger partial charge < -0.3 is 9.84 Å². The third kappa shape index (κ3) is 3.71. The number of halogens is 4. The summed E-state index contributed by atoms with van der Waals surface area (Å²) < 4.78 is 56.9. The van der Waals surface area contributed by atoms with Crippen LogP contribution in [0.4, 0.5) is 17.6 Å². The average Bonchev–Trinajstić information content (AvgIpc) is 2.58. The topological polar surface area (TPSA) is 42.4 Å². The molecule has 0 unspecified atom stereocenters. The normalized spacial score (nSPS) is 11.4. The molecule has 25 heavy (non-hydrogen) atoms. The van der Waals surface area contributed by atoms with Gasteiger partial charge in [0.25, 0.3) is 0 Å². The summed E-state index contributed by atoms with van der Waals surface area (Å²) in [5, 5.41) is 9.27. The van der Waals surface area contributed by atoms with Gasteiger partial charge in [-0.1, -0.05) is 6.07 Å². The van der Waals surface area contributed by atoms with E-state index in [1.807, 2.05) is 0 Å². The number of nitrogens with zero attached hydrogens (tertiary/aromatic N) is 1. The van der Waals surface area contributed by atoms with E-state index in [1.165, 1.54) is 30.5 Å².